The number of aromatic amines is 1. The summed E-state index contributed by atoms with van der Waals surface area (Å²) in [5.41, 5.74) is 4.40. The molecule has 2 aliphatic rings. The molecule has 0 aliphatic carbocycles. The second kappa shape index (κ2) is 3.53. The highest BCUT2D eigenvalue weighted by atomic mass is 16.2. The zero-order valence-electron chi connectivity index (χ0n) is 11.2. The van der Waals surface area contributed by atoms with Crippen molar-refractivity contribution in [3.05, 3.63) is 35.9 Å². The Labute approximate surface area is 116 Å². The van der Waals surface area contributed by atoms with Gasteiger partial charge in [0, 0.05) is 5.69 Å². The Morgan fingerprint density at radius 2 is 1.90 bits per heavy atom. The summed E-state index contributed by atoms with van der Waals surface area (Å²) in [5, 5.41) is 9.71. The van der Waals surface area contributed by atoms with E-state index in [9.17, 15) is 4.79 Å². The van der Waals surface area contributed by atoms with Gasteiger partial charge in [-0.2, -0.15) is 0 Å². The Morgan fingerprint density at radius 3 is 2.60 bits per heavy atom. The van der Waals surface area contributed by atoms with E-state index in [0.29, 0.717) is 0 Å². The Bertz CT molecular complexity index is 705. The van der Waals surface area contributed by atoms with Gasteiger partial charge in [-0.1, -0.05) is 0 Å². The highest BCUT2D eigenvalue weighted by Crippen LogP contribution is 2.45. The summed E-state index contributed by atoms with van der Waals surface area (Å²) in [5.74, 6) is 0.0429. The Kier molecular flexibility index (Phi) is 2.00. The summed E-state index contributed by atoms with van der Waals surface area (Å²) in [6.07, 6.45) is 3.43. The van der Waals surface area contributed by atoms with Gasteiger partial charge < -0.3 is 20.9 Å². The highest BCUT2D eigenvalue weighted by molar-refractivity contribution is 6.07. The maximum absolute atomic E-state index is 12.0. The predicted molar refractivity (Wildman–Crippen MR) is 76.7 cm³/mol. The lowest BCUT2D eigenvalue weighted by Crippen LogP contribution is -2.26. The molecule has 6 heteroatoms. The van der Waals surface area contributed by atoms with E-state index >= 15 is 0 Å². The molecule has 1 amide bonds. The number of nitrogens with zero attached hydrogens (tertiary/aromatic N) is 1. The monoisotopic (exact) mass is 269 g/mol. The van der Waals surface area contributed by atoms with Crippen LogP contribution in [0.1, 0.15) is 31.3 Å². The summed E-state index contributed by atoms with van der Waals surface area (Å²) >= 11 is 0. The van der Waals surface area contributed by atoms with E-state index in [2.05, 4.69) is 25.9 Å². The molecule has 2 aliphatic heterocycles. The third-order valence-corrected chi connectivity index (χ3v) is 4.08. The fourth-order valence-corrected chi connectivity index (χ4v) is 2.79. The molecule has 0 spiro atoms. The standard InChI is InChI=1S/C14H15N5O/c1-14(2)7-3-9-10(4-8(7)19-13(14)20)18-12(17-9)11-5-15-6-16-11/h3-6,12,17-18H,1-2H3,(H,15,16)(H,19,20). The fraction of sp³-hybridized carbons (Fsp3) is 0.286. The number of carbonyl (C=O) groups is 1. The highest BCUT2D eigenvalue weighted by Gasteiger charge is 2.40. The van der Waals surface area contributed by atoms with Gasteiger partial charge in [0.15, 0.2) is 0 Å². The number of aromatic nitrogens is 2. The number of rotatable bonds is 1. The SMILES string of the molecule is CC1(C)C(=O)Nc2cc3c(cc21)NC(c1cnc[nH]1)N3. The molecule has 2 aromatic rings. The number of nitrogens with one attached hydrogen (secondary N) is 4. The van der Waals surface area contributed by atoms with E-state index in [1.54, 1.807) is 12.5 Å². The summed E-state index contributed by atoms with van der Waals surface area (Å²) in [6.45, 7) is 3.88. The third kappa shape index (κ3) is 1.39. The van der Waals surface area contributed by atoms with Crippen LogP contribution in [-0.2, 0) is 10.2 Å². The molecule has 102 valence electrons. The minimum atomic E-state index is -0.488. The number of hydrogen-bond donors (Lipinski definition) is 4. The maximum Gasteiger partial charge on any atom is 0.234 e. The predicted octanol–water partition coefficient (Wildman–Crippen LogP) is 2.18. The van der Waals surface area contributed by atoms with Crippen LogP contribution >= 0.6 is 0 Å². The van der Waals surface area contributed by atoms with Crippen LogP contribution in [0.25, 0.3) is 0 Å². The van der Waals surface area contributed by atoms with Crippen molar-refractivity contribution in [1.29, 1.82) is 0 Å². The largest absolute Gasteiger partial charge is 0.359 e. The molecule has 0 saturated carbocycles. The van der Waals surface area contributed by atoms with Crippen molar-refractivity contribution >= 4 is 23.0 Å². The summed E-state index contributed by atoms with van der Waals surface area (Å²) < 4.78 is 0. The van der Waals surface area contributed by atoms with Gasteiger partial charge in [0.05, 0.1) is 35.0 Å². The average molecular weight is 269 g/mol. The molecule has 0 bridgehead atoms. The first kappa shape index (κ1) is 11.3. The van der Waals surface area contributed by atoms with Crippen LogP contribution < -0.4 is 16.0 Å². The third-order valence-electron chi connectivity index (χ3n) is 4.08. The lowest BCUT2D eigenvalue weighted by molar-refractivity contribution is -0.119. The topological polar surface area (TPSA) is 81.8 Å². The van der Waals surface area contributed by atoms with E-state index in [1.807, 2.05) is 26.0 Å². The Morgan fingerprint density at radius 1 is 1.15 bits per heavy atom. The van der Waals surface area contributed by atoms with Crippen molar-refractivity contribution in [2.45, 2.75) is 25.4 Å². The lowest BCUT2D eigenvalue weighted by Gasteiger charge is -2.15. The molecule has 20 heavy (non-hydrogen) atoms. The zero-order chi connectivity index (χ0) is 13.9. The average Bonchev–Trinajstić information content (AvgIpc) is 3.08. The van der Waals surface area contributed by atoms with Gasteiger partial charge in [-0.3, -0.25) is 4.79 Å². The minimum Gasteiger partial charge on any atom is -0.359 e. The van der Waals surface area contributed by atoms with Crippen LogP contribution in [0, 0.1) is 0 Å². The number of amides is 1. The number of hydrogen-bond acceptors (Lipinski definition) is 4. The first-order valence-electron chi connectivity index (χ1n) is 6.57. The van der Waals surface area contributed by atoms with Crippen LogP contribution in [0.15, 0.2) is 24.7 Å². The van der Waals surface area contributed by atoms with Crippen molar-refractivity contribution < 1.29 is 4.79 Å². The van der Waals surface area contributed by atoms with Crippen molar-refractivity contribution in [3.63, 3.8) is 0 Å². The first-order chi connectivity index (χ1) is 9.55. The molecule has 1 aromatic carbocycles. The van der Waals surface area contributed by atoms with Crippen LogP contribution in [-0.4, -0.2) is 15.9 Å². The van der Waals surface area contributed by atoms with Gasteiger partial charge in [-0.15, -0.1) is 0 Å². The molecule has 0 fully saturated rings. The van der Waals surface area contributed by atoms with E-state index in [1.165, 1.54) is 0 Å². The normalized spacial score (nSPS) is 21.7. The summed E-state index contributed by atoms with van der Waals surface area (Å²) in [7, 11) is 0. The summed E-state index contributed by atoms with van der Waals surface area (Å²) in [4.78, 5) is 19.1. The van der Waals surface area contributed by atoms with E-state index < -0.39 is 5.41 Å². The van der Waals surface area contributed by atoms with Gasteiger partial charge in [0.25, 0.3) is 0 Å². The lowest BCUT2D eigenvalue weighted by atomic mass is 9.86. The second-order valence-electron chi connectivity index (χ2n) is 5.75. The molecule has 3 heterocycles. The number of anilines is 3. The van der Waals surface area contributed by atoms with E-state index in [0.717, 1.165) is 28.3 Å². The molecule has 4 N–H and O–H groups in total. The van der Waals surface area contributed by atoms with Crippen LogP contribution in [0.4, 0.5) is 17.1 Å². The molecule has 1 aromatic heterocycles. The number of carbonyl (C=O) groups excluding carboxylic acids is 1. The van der Waals surface area contributed by atoms with Crippen molar-refractivity contribution in [2.24, 2.45) is 0 Å². The number of benzene rings is 1. The van der Waals surface area contributed by atoms with Crippen molar-refractivity contribution in [1.82, 2.24) is 9.97 Å². The number of imidazole rings is 1. The van der Waals surface area contributed by atoms with Gasteiger partial charge in [-0.05, 0) is 31.5 Å². The molecule has 0 saturated heterocycles. The number of fused-ring (bicyclic) bond motifs is 2. The molecule has 1 unspecified atom stereocenters. The second-order valence-corrected chi connectivity index (χ2v) is 5.75. The van der Waals surface area contributed by atoms with Gasteiger partial charge in [-0.25, -0.2) is 4.98 Å². The van der Waals surface area contributed by atoms with E-state index in [-0.39, 0.29) is 12.1 Å². The van der Waals surface area contributed by atoms with Crippen molar-refractivity contribution in [2.75, 3.05) is 16.0 Å². The molecule has 0 radical (unpaired) electrons. The quantitative estimate of drug-likeness (QED) is 0.639. The smallest absolute Gasteiger partial charge is 0.234 e. The van der Waals surface area contributed by atoms with Crippen LogP contribution in [0.2, 0.25) is 0 Å². The van der Waals surface area contributed by atoms with Gasteiger partial charge >= 0.3 is 0 Å². The molecule has 6 nitrogen and oxygen atoms in total. The number of H-pyrrole nitrogens is 1. The van der Waals surface area contributed by atoms with Gasteiger partial charge in [0.2, 0.25) is 5.91 Å². The van der Waals surface area contributed by atoms with E-state index in [4.69, 9.17) is 0 Å². The molecule has 4 rings (SSSR count). The molecular formula is C14H15N5O. The Balaban J connectivity index is 1.74. The fourth-order valence-electron chi connectivity index (χ4n) is 2.79. The minimum absolute atomic E-state index is 0.0196. The van der Waals surface area contributed by atoms with Crippen LogP contribution in [0.5, 0.6) is 0 Å². The first-order valence-corrected chi connectivity index (χ1v) is 6.57. The maximum atomic E-state index is 12.0. The van der Waals surface area contributed by atoms with Crippen molar-refractivity contribution in [3.8, 4) is 0 Å². The molecule has 1 atom stereocenters. The van der Waals surface area contributed by atoms with Gasteiger partial charge in [0.1, 0.15) is 6.17 Å². The Hall–Kier alpha value is -2.50. The van der Waals surface area contributed by atoms with Crippen LogP contribution in [0.3, 0.4) is 0 Å². The molecular weight excluding hydrogens is 254 g/mol. The summed E-state index contributed by atoms with van der Waals surface area (Å²) in [6, 6.07) is 4.03. The zero-order valence-corrected chi connectivity index (χ0v) is 11.2.